The average molecular weight is 421 g/mol. The fourth-order valence-electron chi connectivity index (χ4n) is 3.38. The van der Waals surface area contributed by atoms with Gasteiger partial charge >= 0.3 is 0 Å². The summed E-state index contributed by atoms with van der Waals surface area (Å²) in [6.07, 6.45) is 0. The summed E-state index contributed by atoms with van der Waals surface area (Å²) >= 11 is 0. The van der Waals surface area contributed by atoms with Crippen LogP contribution in [0.25, 0.3) is 5.69 Å². The molecule has 1 saturated heterocycles. The number of carbonyl (C=O) groups is 1. The van der Waals surface area contributed by atoms with Crippen LogP contribution in [-0.4, -0.2) is 84.4 Å². The first-order valence-electron chi connectivity index (χ1n) is 9.51. The van der Waals surface area contributed by atoms with E-state index in [1.165, 1.54) is 22.7 Å². The van der Waals surface area contributed by atoms with Crippen molar-refractivity contribution >= 4 is 21.8 Å². The molecule has 2 heterocycles. The Morgan fingerprint density at radius 1 is 1.10 bits per heavy atom. The van der Waals surface area contributed by atoms with E-state index in [1.54, 1.807) is 0 Å². The molecule has 158 valence electrons. The molecule has 10 heteroatoms. The van der Waals surface area contributed by atoms with Gasteiger partial charge in [0.15, 0.2) is 0 Å². The summed E-state index contributed by atoms with van der Waals surface area (Å²) in [6.45, 7) is 5.78. The molecule has 9 nitrogen and oxygen atoms in total. The highest BCUT2D eigenvalue weighted by molar-refractivity contribution is 7.86. The van der Waals surface area contributed by atoms with Crippen LogP contribution in [-0.2, 0) is 15.0 Å². The summed E-state index contributed by atoms with van der Waals surface area (Å²) in [5, 5.41) is 7.52. The van der Waals surface area contributed by atoms with E-state index in [2.05, 4.69) is 10.4 Å². The predicted octanol–water partition coefficient (Wildman–Crippen LogP) is 0.852. The summed E-state index contributed by atoms with van der Waals surface area (Å²) in [6, 6.07) is 9.76. The van der Waals surface area contributed by atoms with Gasteiger partial charge in [-0.25, -0.2) is 4.68 Å². The van der Waals surface area contributed by atoms with Gasteiger partial charge in [0.2, 0.25) is 5.91 Å². The lowest BCUT2D eigenvalue weighted by Crippen LogP contribution is -2.52. The maximum absolute atomic E-state index is 12.6. The summed E-state index contributed by atoms with van der Waals surface area (Å²) < 4.78 is 28.9. The SMILES string of the molecule is Cc1nn(-c2ccccc2)c(C)c1NC(=O)CN1CCN(S(=O)(=O)N(C)C)CC1. The van der Waals surface area contributed by atoms with Crippen LogP contribution in [0.1, 0.15) is 11.4 Å². The van der Waals surface area contributed by atoms with E-state index >= 15 is 0 Å². The van der Waals surface area contributed by atoms with Crippen molar-refractivity contribution in [3.05, 3.63) is 41.7 Å². The summed E-state index contributed by atoms with van der Waals surface area (Å²) in [4.78, 5) is 14.5. The molecule has 1 aromatic heterocycles. The minimum absolute atomic E-state index is 0.132. The third-order valence-corrected chi connectivity index (χ3v) is 6.98. The third-order valence-electron chi connectivity index (χ3n) is 5.04. The van der Waals surface area contributed by atoms with Gasteiger partial charge in [0, 0.05) is 40.3 Å². The van der Waals surface area contributed by atoms with Gasteiger partial charge in [-0.05, 0) is 26.0 Å². The quantitative estimate of drug-likeness (QED) is 0.748. The van der Waals surface area contributed by atoms with Crippen LogP contribution in [0.2, 0.25) is 0 Å². The van der Waals surface area contributed by atoms with E-state index in [1.807, 2.05) is 53.8 Å². The molecular weight excluding hydrogens is 392 g/mol. The lowest BCUT2D eigenvalue weighted by atomic mass is 10.3. The lowest BCUT2D eigenvalue weighted by molar-refractivity contribution is -0.117. The van der Waals surface area contributed by atoms with E-state index in [9.17, 15) is 13.2 Å². The highest BCUT2D eigenvalue weighted by Crippen LogP contribution is 2.22. The number of hydrogen-bond donors (Lipinski definition) is 1. The molecule has 1 amide bonds. The fraction of sp³-hybridized carbons (Fsp3) is 0.474. The molecule has 3 rings (SSSR count). The van der Waals surface area contributed by atoms with Gasteiger partial charge in [0.1, 0.15) is 0 Å². The topological polar surface area (TPSA) is 90.8 Å². The summed E-state index contributed by atoms with van der Waals surface area (Å²) in [7, 11) is -0.360. The second kappa shape index (κ2) is 8.62. The van der Waals surface area contributed by atoms with Crippen molar-refractivity contribution in [3.8, 4) is 5.69 Å². The molecule has 0 unspecified atom stereocenters. The number of hydrogen-bond acceptors (Lipinski definition) is 5. The molecule has 2 aromatic rings. The van der Waals surface area contributed by atoms with Crippen molar-refractivity contribution in [1.82, 2.24) is 23.3 Å². The van der Waals surface area contributed by atoms with E-state index in [0.717, 1.165) is 17.1 Å². The number of benzene rings is 1. The molecule has 0 radical (unpaired) electrons. The summed E-state index contributed by atoms with van der Waals surface area (Å²) in [5.74, 6) is -0.132. The maximum Gasteiger partial charge on any atom is 0.281 e. The molecule has 0 saturated carbocycles. The second-order valence-electron chi connectivity index (χ2n) is 7.31. The minimum atomic E-state index is -3.41. The lowest BCUT2D eigenvalue weighted by Gasteiger charge is -2.34. The van der Waals surface area contributed by atoms with Crippen LogP contribution < -0.4 is 5.32 Å². The standard InChI is InChI=1S/C19H28N6O3S/c1-15-19(16(2)25(21-15)17-8-6-5-7-9-17)20-18(26)14-23-10-12-24(13-11-23)29(27,28)22(3)4/h5-9H,10-14H2,1-4H3,(H,20,26). The average Bonchev–Trinajstić information content (AvgIpc) is 2.97. The minimum Gasteiger partial charge on any atom is -0.322 e. The van der Waals surface area contributed by atoms with Crippen LogP contribution in [0.4, 0.5) is 5.69 Å². The van der Waals surface area contributed by atoms with Gasteiger partial charge < -0.3 is 5.32 Å². The van der Waals surface area contributed by atoms with Crippen LogP contribution in [0, 0.1) is 13.8 Å². The van der Waals surface area contributed by atoms with Crippen molar-refractivity contribution in [2.75, 3.05) is 52.1 Å². The Kier molecular flexibility index (Phi) is 6.37. The largest absolute Gasteiger partial charge is 0.322 e. The van der Waals surface area contributed by atoms with Gasteiger partial charge in [-0.2, -0.15) is 22.1 Å². The van der Waals surface area contributed by atoms with Gasteiger partial charge in [0.05, 0.1) is 29.3 Å². The molecule has 1 aromatic carbocycles. The number of anilines is 1. The van der Waals surface area contributed by atoms with Gasteiger partial charge in [-0.1, -0.05) is 18.2 Å². The summed E-state index contributed by atoms with van der Waals surface area (Å²) in [5.41, 5.74) is 3.27. The predicted molar refractivity (Wildman–Crippen MR) is 112 cm³/mol. The van der Waals surface area contributed by atoms with Gasteiger partial charge in [0.25, 0.3) is 10.2 Å². The van der Waals surface area contributed by atoms with Crippen LogP contribution in [0.3, 0.4) is 0 Å². The molecule has 1 fully saturated rings. The number of nitrogens with one attached hydrogen (secondary N) is 1. The van der Waals surface area contributed by atoms with Crippen LogP contribution >= 0.6 is 0 Å². The number of carbonyl (C=O) groups excluding carboxylic acids is 1. The normalized spacial score (nSPS) is 16.3. The van der Waals surface area contributed by atoms with Gasteiger partial charge in [-0.15, -0.1) is 0 Å². The van der Waals surface area contributed by atoms with E-state index < -0.39 is 10.2 Å². The van der Waals surface area contributed by atoms with Crippen molar-refractivity contribution < 1.29 is 13.2 Å². The van der Waals surface area contributed by atoms with E-state index in [-0.39, 0.29) is 12.5 Å². The molecule has 1 aliphatic rings. The second-order valence-corrected chi connectivity index (χ2v) is 9.45. The zero-order valence-corrected chi connectivity index (χ0v) is 18.1. The van der Waals surface area contributed by atoms with Crippen molar-refractivity contribution in [2.24, 2.45) is 0 Å². The monoisotopic (exact) mass is 420 g/mol. The maximum atomic E-state index is 12.6. The Morgan fingerprint density at radius 2 is 1.72 bits per heavy atom. The van der Waals surface area contributed by atoms with Gasteiger partial charge in [-0.3, -0.25) is 9.69 Å². The molecule has 29 heavy (non-hydrogen) atoms. The highest BCUT2D eigenvalue weighted by Gasteiger charge is 2.29. The number of nitrogens with zero attached hydrogens (tertiary/aromatic N) is 5. The van der Waals surface area contributed by atoms with Crippen LogP contribution in [0.15, 0.2) is 30.3 Å². The molecule has 1 N–H and O–H groups in total. The zero-order valence-electron chi connectivity index (χ0n) is 17.3. The molecule has 0 bridgehead atoms. The highest BCUT2D eigenvalue weighted by atomic mass is 32.2. The Bertz CT molecular complexity index is 963. The molecule has 0 atom stereocenters. The number of rotatable bonds is 6. The number of aromatic nitrogens is 2. The smallest absolute Gasteiger partial charge is 0.281 e. The number of para-hydroxylation sites is 1. The first-order valence-corrected chi connectivity index (χ1v) is 10.9. The van der Waals surface area contributed by atoms with Crippen molar-refractivity contribution in [2.45, 2.75) is 13.8 Å². The van der Waals surface area contributed by atoms with E-state index in [0.29, 0.717) is 31.9 Å². The first kappa shape index (κ1) is 21.4. The molecule has 1 aliphatic heterocycles. The molecular formula is C19H28N6O3S. The Hall–Kier alpha value is -2.27. The number of aryl methyl sites for hydroxylation is 1. The molecule has 0 spiro atoms. The fourth-order valence-corrected chi connectivity index (χ4v) is 4.46. The van der Waals surface area contributed by atoms with Crippen LogP contribution in [0.5, 0.6) is 0 Å². The zero-order chi connectivity index (χ0) is 21.2. The Morgan fingerprint density at radius 3 is 2.31 bits per heavy atom. The first-order chi connectivity index (χ1) is 13.7. The van der Waals surface area contributed by atoms with Crippen molar-refractivity contribution in [3.63, 3.8) is 0 Å². The Balaban J connectivity index is 1.61. The third kappa shape index (κ3) is 4.67. The number of amides is 1. The Labute approximate surface area is 172 Å². The van der Waals surface area contributed by atoms with Crippen molar-refractivity contribution in [1.29, 1.82) is 0 Å². The number of piperazine rings is 1. The van der Waals surface area contributed by atoms with E-state index in [4.69, 9.17) is 0 Å². The molecule has 0 aliphatic carbocycles.